The lowest BCUT2D eigenvalue weighted by atomic mass is 10.2. The second kappa shape index (κ2) is 7.89. The third-order valence-corrected chi connectivity index (χ3v) is 6.39. The SMILES string of the molecule is O=S(=O)(c1ccc(F)cc1)N1CC[C@H](Oc2ccc(-c3noc(C(F)(F)F)n3)cn2)C1. The van der Waals surface area contributed by atoms with Gasteiger partial charge >= 0.3 is 12.1 Å². The van der Waals surface area contributed by atoms with E-state index in [-0.39, 0.29) is 35.3 Å². The van der Waals surface area contributed by atoms with Crippen LogP contribution in [0.3, 0.4) is 0 Å². The maximum absolute atomic E-state index is 13.0. The maximum Gasteiger partial charge on any atom is 0.471 e. The Morgan fingerprint density at radius 3 is 2.48 bits per heavy atom. The van der Waals surface area contributed by atoms with E-state index < -0.39 is 34.0 Å². The Hall–Kier alpha value is -3.06. The van der Waals surface area contributed by atoms with Crippen molar-refractivity contribution < 1.29 is 35.2 Å². The summed E-state index contributed by atoms with van der Waals surface area (Å²) in [7, 11) is -3.79. The third-order valence-electron chi connectivity index (χ3n) is 4.51. The van der Waals surface area contributed by atoms with E-state index in [9.17, 15) is 26.0 Å². The number of rotatable bonds is 5. The van der Waals surface area contributed by atoms with Crippen molar-refractivity contribution in [2.75, 3.05) is 13.1 Å². The first-order valence-electron chi connectivity index (χ1n) is 8.92. The Balaban J connectivity index is 1.40. The first-order valence-corrected chi connectivity index (χ1v) is 10.4. The van der Waals surface area contributed by atoms with Crippen molar-refractivity contribution in [3.63, 3.8) is 0 Å². The molecule has 0 amide bonds. The minimum absolute atomic E-state index is 0.0182. The molecule has 0 unspecified atom stereocenters. The van der Waals surface area contributed by atoms with Gasteiger partial charge in [0.2, 0.25) is 21.7 Å². The zero-order chi connectivity index (χ0) is 22.2. The molecule has 8 nitrogen and oxygen atoms in total. The summed E-state index contributed by atoms with van der Waals surface area (Å²) in [6.45, 7) is 0.286. The first-order chi connectivity index (χ1) is 14.6. The van der Waals surface area contributed by atoms with Crippen LogP contribution in [0.1, 0.15) is 12.3 Å². The van der Waals surface area contributed by atoms with Crippen molar-refractivity contribution in [2.45, 2.75) is 23.6 Å². The minimum atomic E-state index is -4.75. The van der Waals surface area contributed by atoms with Gasteiger partial charge in [-0.2, -0.15) is 22.5 Å². The second-order valence-corrected chi connectivity index (χ2v) is 8.59. The molecule has 1 fully saturated rings. The van der Waals surface area contributed by atoms with Gasteiger partial charge in [-0.25, -0.2) is 17.8 Å². The molecule has 0 saturated carbocycles. The van der Waals surface area contributed by atoms with E-state index in [2.05, 4.69) is 19.6 Å². The minimum Gasteiger partial charge on any atom is -0.473 e. The van der Waals surface area contributed by atoms with Crippen LogP contribution in [0.2, 0.25) is 0 Å². The van der Waals surface area contributed by atoms with E-state index in [0.29, 0.717) is 6.42 Å². The molecule has 3 heterocycles. The highest BCUT2D eigenvalue weighted by Crippen LogP contribution is 2.30. The fourth-order valence-corrected chi connectivity index (χ4v) is 4.46. The summed E-state index contributed by atoms with van der Waals surface area (Å²) in [4.78, 5) is 7.27. The fraction of sp³-hybridized carbons (Fsp3) is 0.278. The molecule has 2 aromatic heterocycles. The van der Waals surface area contributed by atoms with E-state index >= 15 is 0 Å². The average Bonchev–Trinajstić information content (AvgIpc) is 3.39. The lowest BCUT2D eigenvalue weighted by Gasteiger charge is -2.17. The summed E-state index contributed by atoms with van der Waals surface area (Å²) < 4.78 is 87.1. The Morgan fingerprint density at radius 1 is 1.13 bits per heavy atom. The largest absolute Gasteiger partial charge is 0.473 e. The molecule has 3 aromatic rings. The van der Waals surface area contributed by atoms with Crippen LogP contribution in [-0.4, -0.2) is 47.0 Å². The molecule has 164 valence electrons. The van der Waals surface area contributed by atoms with E-state index in [0.717, 1.165) is 12.1 Å². The van der Waals surface area contributed by atoms with Crippen molar-refractivity contribution in [3.05, 3.63) is 54.3 Å². The molecule has 0 spiro atoms. The van der Waals surface area contributed by atoms with Crippen LogP contribution in [0, 0.1) is 5.82 Å². The summed E-state index contributed by atoms with van der Waals surface area (Å²) >= 11 is 0. The number of hydrogen-bond donors (Lipinski definition) is 0. The van der Waals surface area contributed by atoms with Crippen LogP contribution in [0.4, 0.5) is 17.6 Å². The number of aromatic nitrogens is 3. The number of sulfonamides is 1. The van der Waals surface area contributed by atoms with Crippen molar-refractivity contribution >= 4 is 10.0 Å². The lowest BCUT2D eigenvalue weighted by molar-refractivity contribution is -0.159. The normalized spacial score (nSPS) is 17.7. The molecular weight excluding hydrogens is 444 g/mol. The van der Waals surface area contributed by atoms with Gasteiger partial charge < -0.3 is 9.26 Å². The molecule has 4 rings (SSSR count). The molecular formula is C18H14F4N4O4S. The molecule has 0 bridgehead atoms. The molecule has 0 aliphatic carbocycles. The van der Waals surface area contributed by atoms with Gasteiger partial charge in [-0.1, -0.05) is 5.16 Å². The molecule has 1 aromatic carbocycles. The Labute approximate surface area is 173 Å². The van der Waals surface area contributed by atoms with Crippen LogP contribution in [0.15, 0.2) is 52.0 Å². The summed E-state index contributed by atoms with van der Waals surface area (Å²) in [5, 5.41) is 3.27. The van der Waals surface area contributed by atoms with Crippen molar-refractivity contribution in [1.82, 2.24) is 19.4 Å². The zero-order valence-electron chi connectivity index (χ0n) is 15.6. The van der Waals surface area contributed by atoms with Crippen LogP contribution in [0.5, 0.6) is 5.88 Å². The van der Waals surface area contributed by atoms with E-state index in [1.54, 1.807) is 0 Å². The van der Waals surface area contributed by atoms with Gasteiger partial charge in [0, 0.05) is 24.4 Å². The van der Waals surface area contributed by atoms with Gasteiger partial charge in [0.25, 0.3) is 0 Å². The van der Waals surface area contributed by atoms with Crippen molar-refractivity contribution in [3.8, 4) is 17.3 Å². The monoisotopic (exact) mass is 458 g/mol. The standard InChI is InChI=1S/C18H14F4N4O4S/c19-12-2-4-14(5-3-12)31(27,28)26-8-7-13(10-26)29-15-6-1-11(9-23-15)16-24-17(30-25-16)18(20,21)22/h1-6,9,13H,7-8,10H2/t13-/m0/s1. The van der Waals surface area contributed by atoms with Crippen LogP contribution >= 0.6 is 0 Å². The van der Waals surface area contributed by atoms with Gasteiger partial charge in [0.15, 0.2) is 0 Å². The number of ether oxygens (including phenoxy) is 1. The summed E-state index contributed by atoms with van der Waals surface area (Å²) in [6, 6.07) is 7.36. The molecule has 0 radical (unpaired) electrons. The van der Waals surface area contributed by atoms with E-state index in [1.807, 2.05) is 0 Å². The third kappa shape index (κ3) is 4.51. The van der Waals surface area contributed by atoms with Crippen molar-refractivity contribution in [2.24, 2.45) is 0 Å². The van der Waals surface area contributed by atoms with Gasteiger partial charge in [0.05, 0.1) is 11.4 Å². The van der Waals surface area contributed by atoms with Crippen LogP contribution in [-0.2, 0) is 16.2 Å². The summed E-state index contributed by atoms with van der Waals surface area (Å²) in [5.41, 5.74) is 0.193. The van der Waals surface area contributed by atoms with Crippen LogP contribution in [0.25, 0.3) is 11.4 Å². The fourth-order valence-electron chi connectivity index (χ4n) is 2.98. The van der Waals surface area contributed by atoms with Gasteiger partial charge in [0.1, 0.15) is 11.9 Å². The highest BCUT2D eigenvalue weighted by atomic mass is 32.2. The lowest BCUT2D eigenvalue weighted by Crippen LogP contribution is -2.31. The van der Waals surface area contributed by atoms with Crippen molar-refractivity contribution in [1.29, 1.82) is 0 Å². The molecule has 1 aliphatic heterocycles. The van der Waals surface area contributed by atoms with E-state index in [1.165, 1.54) is 34.8 Å². The molecule has 1 aliphatic rings. The van der Waals surface area contributed by atoms with Gasteiger partial charge in [-0.15, -0.1) is 0 Å². The highest BCUT2D eigenvalue weighted by molar-refractivity contribution is 7.89. The van der Waals surface area contributed by atoms with Gasteiger partial charge in [-0.05, 0) is 36.8 Å². The quantitative estimate of drug-likeness (QED) is 0.542. The molecule has 13 heteroatoms. The number of alkyl halides is 3. The first kappa shape index (κ1) is 21.2. The molecule has 1 saturated heterocycles. The molecule has 1 atom stereocenters. The second-order valence-electron chi connectivity index (χ2n) is 6.65. The smallest absolute Gasteiger partial charge is 0.471 e. The topological polar surface area (TPSA) is 98.4 Å². The molecule has 31 heavy (non-hydrogen) atoms. The average molecular weight is 458 g/mol. The Kier molecular flexibility index (Phi) is 5.39. The number of halogens is 4. The maximum atomic E-state index is 13.0. The number of nitrogens with zero attached hydrogens (tertiary/aromatic N) is 4. The summed E-state index contributed by atoms with van der Waals surface area (Å²) in [6.07, 6.45) is -3.59. The Bertz CT molecular complexity index is 1160. The molecule has 0 N–H and O–H groups in total. The zero-order valence-corrected chi connectivity index (χ0v) is 16.4. The Morgan fingerprint density at radius 2 is 1.87 bits per heavy atom. The number of hydrogen-bond acceptors (Lipinski definition) is 7. The predicted molar refractivity (Wildman–Crippen MR) is 96.7 cm³/mol. The number of benzene rings is 1. The van der Waals surface area contributed by atoms with Gasteiger partial charge in [-0.3, -0.25) is 0 Å². The van der Waals surface area contributed by atoms with E-state index in [4.69, 9.17) is 4.74 Å². The van der Waals surface area contributed by atoms with Crippen LogP contribution < -0.4 is 4.74 Å². The predicted octanol–water partition coefficient (Wildman–Crippen LogP) is 3.13. The highest BCUT2D eigenvalue weighted by Gasteiger charge is 2.38. The summed E-state index contributed by atoms with van der Waals surface area (Å²) in [5.74, 6) is -2.11. The number of pyridine rings is 1.